The zero-order chi connectivity index (χ0) is 16.9. The number of nitrogens with zero attached hydrogens (tertiary/aromatic N) is 3. The lowest BCUT2D eigenvalue weighted by Gasteiger charge is -2.22. The van der Waals surface area contributed by atoms with E-state index in [0.717, 1.165) is 16.4 Å². The maximum Gasteiger partial charge on any atom is 0.289 e. The molecule has 22 heavy (non-hydrogen) atoms. The van der Waals surface area contributed by atoms with E-state index in [9.17, 15) is 23.3 Å². The van der Waals surface area contributed by atoms with Crippen LogP contribution in [0.15, 0.2) is 29.2 Å². The summed E-state index contributed by atoms with van der Waals surface area (Å²) < 4.78 is 25.7. The van der Waals surface area contributed by atoms with E-state index in [2.05, 4.69) is 0 Å². The molecule has 1 rings (SSSR count). The van der Waals surface area contributed by atoms with E-state index in [1.807, 2.05) is 0 Å². The number of carbonyl (C=O) groups is 1. The lowest BCUT2D eigenvalue weighted by atomic mass is 10.3. The van der Waals surface area contributed by atoms with Crippen molar-refractivity contribution in [3.63, 3.8) is 0 Å². The molecule has 0 saturated heterocycles. The summed E-state index contributed by atoms with van der Waals surface area (Å²) in [7, 11) is -2.89. The van der Waals surface area contributed by atoms with Gasteiger partial charge in [0.25, 0.3) is 5.69 Å². The number of rotatable bonds is 7. The van der Waals surface area contributed by atoms with E-state index in [0.29, 0.717) is 13.1 Å². The first-order valence-corrected chi connectivity index (χ1v) is 8.17. The normalized spacial score (nSPS) is 11.5. The Kier molecular flexibility index (Phi) is 6.01. The molecule has 8 nitrogen and oxygen atoms in total. The molecule has 1 amide bonds. The number of amides is 1. The Bertz CT molecular complexity index is 655. The highest BCUT2D eigenvalue weighted by Gasteiger charge is 2.30. The van der Waals surface area contributed by atoms with Crippen LogP contribution in [0.4, 0.5) is 5.69 Å². The zero-order valence-corrected chi connectivity index (χ0v) is 13.5. The number of carbonyl (C=O) groups excluding carboxylic acids is 1. The molecule has 0 fully saturated rings. The molecule has 0 aliphatic heterocycles. The van der Waals surface area contributed by atoms with Crippen LogP contribution in [0.25, 0.3) is 0 Å². The average molecular weight is 329 g/mol. The Hall–Kier alpha value is -2.00. The summed E-state index contributed by atoms with van der Waals surface area (Å²) in [6.07, 6.45) is 0. The standard InChI is InChI=1S/C13H19N3O5S/c1-4-15(5-2)13(17)10-14(3)22(20,21)12-9-7-6-8-11(12)16(18)19/h6-9H,4-5,10H2,1-3H3. The van der Waals surface area contributed by atoms with Gasteiger partial charge in [-0.2, -0.15) is 4.31 Å². The maximum atomic E-state index is 12.4. The largest absolute Gasteiger partial charge is 0.342 e. The SMILES string of the molecule is CCN(CC)C(=O)CN(C)S(=O)(=O)c1ccccc1[N+](=O)[O-]. The Morgan fingerprint density at radius 3 is 2.27 bits per heavy atom. The minimum atomic E-state index is -4.12. The molecule has 0 aliphatic carbocycles. The van der Waals surface area contributed by atoms with Gasteiger partial charge < -0.3 is 4.90 Å². The van der Waals surface area contributed by atoms with Crippen LogP contribution in [0, 0.1) is 10.1 Å². The van der Waals surface area contributed by atoms with Crippen molar-refractivity contribution in [2.75, 3.05) is 26.7 Å². The van der Waals surface area contributed by atoms with E-state index in [1.165, 1.54) is 24.1 Å². The van der Waals surface area contributed by atoms with Crippen LogP contribution in [0.5, 0.6) is 0 Å². The first kappa shape index (κ1) is 18.1. The van der Waals surface area contributed by atoms with Gasteiger partial charge in [-0.25, -0.2) is 8.42 Å². The molecule has 0 bridgehead atoms. The summed E-state index contributed by atoms with van der Waals surface area (Å²) in [6.45, 7) is 4.15. The minimum Gasteiger partial charge on any atom is -0.342 e. The monoisotopic (exact) mass is 329 g/mol. The first-order chi connectivity index (χ1) is 10.3. The van der Waals surface area contributed by atoms with E-state index in [1.54, 1.807) is 13.8 Å². The Morgan fingerprint density at radius 2 is 1.77 bits per heavy atom. The van der Waals surface area contributed by atoms with Crippen molar-refractivity contribution in [2.45, 2.75) is 18.7 Å². The van der Waals surface area contributed by atoms with Crippen molar-refractivity contribution >= 4 is 21.6 Å². The third-order valence-corrected chi connectivity index (χ3v) is 5.08. The highest BCUT2D eigenvalue weighted by atomic mass is 32.2. The first-order valence-electron chi connectivity index (χ1n) is 6.73. The van der Waals surface area contributed by atoms with Gasteiger partial charge >= 0.3 is 0 Å². The highest BCUT2D eigenvalue weighted by molar-refractivity contribution is 7.89. The molecule has 0 heterocycles. The molecule has 0 aromatic heterocycles. The van der Waals surface area contributed by atoms with E-state index in [-0.39, 0.29) is 12.5 Å². The van der Waals surface area contributed by atoms with Crippen LogP contribution in [0.3, 0.4) is 0 Å². The molecule has 1 aromatic carbocycles. The molecule has 0 atom stereocenters. The molecule has 0 spiro atoms. The molecule has 0 saturated carbocycles. The number of hydrogen-bond acceptors (Lipinski definition) is 5. The van der Waals surface area contributed by atoms with Gasteiger partial charge in [0.2, 0.25) is 15.9 Å². The van der Waals surface area contributed by atoms with Crippen LogP contribution >= 0.6 is 0 Å². The van der Waals surface area contributed by atoms with Gasteiger partial charge in [0.1, 0.15) is 0 Å². The van der Waals surface area contributed by atoms with Gasteiger partial charge in [0.05, 0.1) is 11.5 Å². The lowest BCUT2D eigenvalue weighted by molar-refractivity contribution is -0.387. The number of hydrogen-bond donors (Lipinski definition) is 0. The fourth-order valence-electron chi connectivity index (χ4n) is 1.95. The predicted molar refractivity (Wildman–Crippen MR) is 80.8 cm³/mol. The molecule has 0 unspecified atom stereocenters. The topological polar surface area (TPSA) is 101 Å². The van der Waals surface area contributed by atoms with Crippen LogP contribution in [-0.4, -0.2) is 55.1 Å². The van der Waals surface area contributed by atoms with Crippen LogP contribution in [0.1, 0.15) is 13.8 Å². The predicted octanol–water partition coefficient (Wildman–Crippen LogP) is 1.08. The average Bonchev–Trinajstić information content (AvgIpc) is 2.48. The van der Waals surface area contributed by atoms with E-state index < -0.39 is 25.5 Å². The van der Waals surface area contributed by atoms with Crippen LogP contribution in [-0.2, 0) is 14.8 Å². The molecule has 0 aliphatic rings. The molecule has 9 heteroatoms. The molecule has 1 aromatic rings. The number of para-hydroxylation sites is 1. The maximum absolute atomic E-state index is 12.4. The number of nitro groups is 1. The minimum absolute atomic E-state index is 0.352. The van der Waals surface area contributed by atoms with Gasteiger partial charge in [-0.05, 0) is 19.9 Å². The molecular formula is C13H19N3O5S. The molecule has 0 radical (unpaired) electrons. The highest BCUT2D eigenvalue weighted by Crippen LogP contribution is 2.25. The number of likely N-dealkylation sites (N-methyl/N-ethyl adjacent to an activating group) is 2. The van der Waals surface area contributed by atoms with Gasteiger partial charge in [-0.1, -0.05) is 12.1 Å². The van der Waals surface area contributed by atoms with Crippen molar-refractivity contribution < 1.29 is 18.1 Å². The number of sulfonamides is 1. The van der Waals surface area contributed by atoms with Gasteiger partial charge in [-0.3, -0.25) is 14.9 Å². The Morgan fingerprint density at radius 1 is 1.23 bits per heavy atom. The van der Waals surface area contributed by atoms with E-state index >= 15 is 0 Å². The third-order valence-electron chi connectivity index (χ3n) is 3.22. The van der Waals surface area contributed by atoms with Crippen molar-refractivity contribution in [3.8, 4) is 0 Å². The molecular weight excluding hydrogens is 310 g/mol. The third kappa shape index (κ3) is 3.80. The van der Waals surface area contributed by atoms with E-state index in [4.69, 9.17) is 0 Å². The lowest BCUT2D eigenvalue weighted by Crippen LogP contribution is -2.41. The summed E-state index contributed by atoms with van der Waals surface area (Å²) in [4.78, 5) is 23.3. The molecule has 122 valence electrons. The van der Waals surface area contributed by atoms with Crippen molar-refractivity contribution in [3.05, 3.63) is 34.4 Å². The van der Waals surface area contributed by atoms with Gasteiger partial charge in [0, 0.05) is 26.2 Å². The van der Waals surface area contributed by atoms with Crippen molar-refractivity contribution in [1.29, 1.82) is 0 Å². The summed E-state index contributed by atoms with van der Waals surface area (Å²) in [5.41, 5.74) is -0.510. The smallest absolute Gasteiger partial charge is 0.289 e. The van der Waals surface area contributed by atoms with Gasteiger partial charge in [0.15, 0.2) is 4.90 Å². The van der Waals surface area contributed by atoms with Crippen LogP contribution < -0.4 is 0 Å². The Labute approximate surface area is 129 Å². The zero-order valence-electron chi connectivity index (χ0n) is 12.7. The second-order valence-electron chi connectivity index (χ2n) is 4.55. The second kappa shape index (κ2) is 7.32. The summed E-state index contributed by atoms with van der Waals surface area (Å²) in [5.74, 6) is -0.352. The summed E-state index contributed by atoms with van der Waals surface area (Å²) in [6, 6.07) is 5.07. The summed E-state index contributed by atoms with van der Waals surface area (Å²) in [5, 5.41) is 11.0. The second-order valence-corrected chi connectivity index (χ2v) is 6.57. The van der Waals surface area contributed by atoms with Crippen LogP contribution in [0.2, 0.25) is 0 Å². The number of nitro benzene ring substituents is 1. The Balaban J connectivity index is 3.09. The van der Waals surface area contributed by atoms with Gasteiger partial charge in [-0.15, -0.1) is 0 Å². The fraction of sp³-hybridized carbons (Fsp3) is 0.462. The fourth-order valence-corrected chi connectivity index (χ4v) is 3.22. The van der Waals surface area contributed by atoms with Crippen molar-refractivity contribution in [1.82, 2.24) is 9.21 Å². The van der Waals surface area contributed by atoms with Crippen molar-refractivity contribution in [2.24, 2.45) is 0 Å². The molecule has 0 N–H and O–H groups in total. The number of benzene rings is 1. The quantitative estimate of drug-likeness (QED) is 0.550. The summed E-state index contributed by atoms with van der Waals surface area (Å²) >= 11 is 0.